The van der Waals surface area contributed by atoms with Gasteiger partial charge in [0, 0.05) is 12.1 Å². The number of hydrogen-bond acceptors (Lipinski definition) is 6. The molecular formula is C7H14N4O2S2. The first-order chi connectivity index (χ1) is 6.79. The molecule has 0 fully saturated rings. The van der Waals surface area contributed by atoms with E-state index in [1.165, 1.54) is 11.3 Å². The second-order valence-corrected chi connectivity index (χ2v) is 6.44. The molecule has 0 saturated carbocycles. The highest BCUT2D eigenvalue weighted by molar-refractivity contribution is 7.88. The van der Waals surface area contributed by atoms with Crippen LogP contribution in [-0.2, 0) is 10.0 Å². The summed E-state index contributed by atoms with van der Waals surface area (Å²) in [5.74, 6) is 0. The van der Waals surface area contributed by atoms with Crippen LogP contribution in [0.4, 0.5) is 5.13 Å². The van der Waals surface area contributed by atoms with Crippen molar-refractivity contribution in [1.29, 1.82) is 0 Å². The molecule has 0 bridgehead atoms. The minimum atomic E-state index is -3.20. The van der Waals surface area contributed by atoms with Gasteiger partial charge in [0.2, 0.25) is 15.2 Å². The van der Waals surface area contributed by atoms with Gasteiger partial charge in [-0.2, -0.15) is 0 Å². The molecule has 0 aliphatic carbocycles. The number of anilines is 1. The molecule has 0 amide bonds. The first kappa shape index (κ1) is 12.3. The summed E-state index contributed by atoms with van der Waals surface area (Å²) in [6, 6.07) is 0. The maximum absolute atomic E-state index is 11.0. The molecule has 0 aliphatic heterocycles. The Hall–Kier alpha value is -0.730. The third-order valence-electron chi connectivity index (χ3n) is 1.50. The van der Waals surface area contributed by atoms with E-state index in [1.54, 1.807) is 19.4 Å². The molecule has 1 heterocycles. The summed E-state index contributed by atoms with van der Waals surface area (Å²) < 4.78 is 24.6. The first-order valence-electron chi connectivity index (χ1n) is 4.27. The number of nitrogens with one attached hydrogen (secondary N) is 2. The predicted molar refractivity (Wildman–Crippen MR) is 60.5 cm³/mol. The monoisotopic (exact) mass is 250 g/mol. The molecule has 15 heavy (non-hydrogen) atoms. The van der Waals surface area contributed by atoms with Crippen LogP contribution in [0.3, 0.4) is 0 Å². The average Bonchev–Trinajstić information content (AvgIpc) is 2.47. The van der Waals surface area contributed by atoms with Crippen molar-refractivity contribution < 1.29 is 8.42 Å². The smallest absolute Gasteiger partial charge is 0.209 e. The van der Waals surface area contributed by atoms with Crippen molar-refractivity contribution in [2.75, 3.05) is 18.1 Å². The average molecular weight is 250 g/mol. The van der Waals surface area contributed by atoms with Crippen LogP contribution >= 0.6 is 11.3 Å². The minimum absolute atomic E-state index is 0.454. The van der Waals surface area contributed by atoms with E-state index in [0.29, 0.717) is 11.7 Å². The van der Waals surface area contributed by atoms with Gasteiger partial charge in [-0.1, -0.05) is 11.3 Å². The quantitative estimate of drug-likeness (QED) is 0.784. The molecule has 1 aromatic heterocycles. The lowest BCUT2D eigenvalue weighted by molar-refractivity contribution is 0.476. The van der Waals surface area contributed by atoms with Gasteiger partial charge in [0.25, 0.3) is 0 Å². The van der Waals surface area contributed by atoms with Crippen molar-refractivity contribution in [2.45, 2.75) is 19.4 Å². The topological polar surface area (TPSA) is 84.0 Å². The van der Waals surface area contributed by atoms with Crippen molar-refractivity contribution >= 4 is 26.5 Å². The molecule has 1 rings (SSSR count). The van der Waals surface area contributed by atoms with E-state index in [1.807, 2.05) is 0 Å². The van der Waals surface area contributed by atoms with Crippen molar-refractivity contribution in [3.8, 4) is 0 Å². The zero-order valence-corrected chi connectivity index (χ0v) is 10.4. The maximum Gasteiger partial charge on any atom is 0.209 e. The van der Waals surface area contributed by atoms with Crippen LogP contribution in [0.5, 0.6) is 0 Å². The van der Waals surface area contributed by atoms with E-state index >= 15 is 0 Å². The van der Waals surface area contributed by atoms with Crippen molar-refractivity contribution in [1.82, 2.24) is 14.9 Å². The Bertz CT molecular complexity index is 399. The van der Waals surface area contributed by atoms with Crippen LogP contribution in [0.1, 0.15) is 13.8 Å². The van der Waals surface area contributed by atoms with Gasteiger partial charge in [-0.3, -0.25) is 0 Å². The highest BCUT2D eigenvalue weighted by Crippen LogP contribution is 2.11. The normalized spacial score (nSPS) is 12.7. The lowest BCUT2D eigenvalue weighted by atomic mass is 10.1. The van der Waals surface area contributed by atoms with Gasteiger partial charge >= 0.3 is 0 Å². The standard InChI is InChI=1S/C7H14N4O2S2/c1-7(2,11-15(3,12)13)4-8-6-10-9-5-14-6/h5,11H,4H2,1-3H3,(H,8,10). The number of hydrogen-bond donors (Lipinski definition) is 2. The first-order valence-corrected chi connectivity index (χ1v) is 7.05. The summed E-state index contributed by atoms with van der Waals surface area (Å²) in [6.45, 7) is 4.04. The number of rotatable bonds is 5. The van der Waals surface area contributed by atoms with Crippen LogP contribution in [0.25, 0.3) is 0 Å². The van der Waals surface area contributed by atoms with Gasteiger partial charge in [0.15, 0.2) is 0 Å². The highest BCUT2D eigenvalue weighted by Gasteiger charge is 2.21. The molecule has 1 aromatic rings. The molecule has 6 nitrogen and oxygen atoms in total. The van der Waals surface area contributed by atoms with E-state index < -0.39 is 15.6 Å². The van der Waals surface area contributed by atoms with Gasteiger partial charge in [0.1, 0.15) is 5.51 Å². The summed E-state index contributed by atoms with van der Waals surface area (Å²) in [5, 5.41) is 11.1. The van der Waals surface area contributed by atoms with Crippen LogP contribution in [0.2, 0.25) is 0 Å². The molecule has 8 heteroatoms. The molecule has 0 spiro atoms. The van der Waals surface area contributed by atoms with E-state index in [9.17, 15) is 8.42 Å². The molecular weight excluding hydrogens is 236 g/mol. The second-order valence-electron chi connectivity index (χ2n) is 3.86. The van der Waals surface area contributed by atoms with Gasteiger partial charge in [-0.15, -0.1) is 10.2 Å². The van der Waals surface area contributed by atoms with E-state index in [2.05, 4.69) is 20.2 Å². The SMILES string of the molecule is CC(C)(CNc1nncs1)NS(C)(=O)=O. The van der Waals surface area contributed by atoms with Crippen LogP contribution in [-0.4, -0.2) is 37.0 Å². The lowest BCUT2D eigenvalue weighted by Gasteiger charge is -2.24. The van der Waals surface area contributed by atoms with E-state index in [0.717, 1.165) is 6.26 Å². The summed E-state index contributed by atoms with van der Waals surface area (Å²) in [7, 11) is -3.20. The Balaban J connectivity index is 2.50. The highest BCUT2D eigenvalue weighted by atomic mass is 32.2. The third-order valence-corrected chi connectivity index (χ3v) is 3.08. The van der Waals surface area contributed by atoms with Crippen molar-refractivity contribution in [3.63, 3.8) is 0 Å². The Labute approximate surface area is 93.2 Å². The number of nitrogens with zero attached hydrogens (tertiary/aromatic N) is 2. The zero-order chi connectivity index (χ0) is 11.5. The molecule has 0 aromatic carbocycles. The molecule has 0 aliphatic rings. The van der Waals surface area contributed by atoms with Gasteiger partial charge < -0.3 is 5.32 Å². The van der Waals surface area contributed by atoms with Crippen LogP contribution < -0.4 is 10.0 Å². The fourth-order valence-electron chi connectivity index (χ4n) is 1.08. The molecule has 0 atom stereocenters. The molecule has 2 N–H and O–H groups in total. The lowest BCUT2D eigenvalue weighted by Crippen LogP contribution is -2.47. The van der Waals surface area contributed by atoms with Crippen molar-refractivity contribution in [3.05, 3.63) is 5.51 Å². The second kappa shape index (κ2) is 4.42. The van der Waals surface area contributed by atoms with Gasteiger partial charge in [-0.05, 0) is 13.8 Å². The van der Waals surface area contributed by atoms with Gasteiger partial charge in [0.05, 0.1) is 6.26 Å². The van der Waals surface area contributed by atoms with Crippen LogP contribution in [0, 0.1) is 0 Å². The van der Waals surface area contributed by atoms with Gasteiger partial charge in [-0.25, -0.2) is 13.1 Å². The summed E-state index contributed by atoms with van der Waals surface area (Å²) in [5.41, 5.74) is 1.05. The fourth-order valence-corrected chi connectivity index (χ4v) is 2.60. The Morgan fingerprint density at radius 1 is 1.53 bits per heavy atom. The maximum atomic E-state index is 11.0. The molecule has 0 saturated heterocycles. The fraction of sp³-hybridized carbons (Fsp3) is 0.714. The third kappa shape index (κ3) is 5.05. The summed E-state index contributed by atoms with van der Waals surface area (Å²) >= 11 is 1.37. The molecule has 86 valence electrons. The Morgan fingerprint density at radius 2 is 2.20 bits per heavy atom. The number of sulfonamides is 1. The molecule has 0 unspecified atom stereocenters. The summed E-state index contributed by atoms with van der Waals surface area (Å²) in [4.78, 5) is 0. The predicted octanol–water partition coefficient (Wildman–Crippen LogP) is 0.278. The van der Waals surface area contributed by atoms with E-state index in [-0.39, 0.29) is 0 Å². The van der Waals surface area contributed by atoms with Crippen molar-refractivity contribution in [2.24, 2.45) is 0 Å². The van der Waals surface area contributed by atoms with E-state index in [4.69, 9.17) is 0 Å². The largest absolute Gasteiger partial charge is 0.358 e. The Kier molecular flexibility index (Phi) is 3.63. The Morgan fingerprint density at radius 3 is 2.67 bits per heavy atom. The number of aromatic nitrogens is 2. The zero-order valence-electron chi connectivity index (χ0n) is 8.81. The minimum Gasteiger partial charge on any atom is -0.358 e. The molecule has 0 radical (unpaired) electrons. The summed E-state index contributed by atoms with van der Waals surface area (Å²) in [6.07, 6.45) is 1.14. The van der Waals surface area contributed by atoms with Crippen LogP contribution in [0.15, 0.2) is 5.51 Å².